The van der Waals surface area contributed by atoms with Crippen molar-refractivity contribution in [2.45, 2.75) is 50.5 Å². The number of piperidine rings is 1. The summed E-state index contributed by atoms with van der Waals surface area (Å²) in [5, 5.41) is 3.14. The monoisotopic (exact) mass is 348 g/mol. The summed E-state index contributed by atoms with van der Waals surface area (Å²) < 4.78 is 18.8. The lowest BCUT2D eigenvalue weighted by molar-refractivity contribution is -0.130. The molecule has 2 aliphatic heterocycles. The second-order valence-corrected chi connectivity index (χ2v) is 7.34. The van der Waals surface area contributed by atoms with Crippen molar-refractivity contribution in [1.29, 1.82) is 0 Å². The van der Waals surface area contributed by atoms with Crippen LogP contribution < -0.4 is 5.32 Å². The predicted molar refractivity (Wildman–Crippen MR) is 96.0 cm³/mol. The number of hydrogen-bond acceptors (Lipinski definition) is 3. The maximum Gasteiger partial charge on any atom is 0.230 e. The van der Waals surface area contributed by atoms with Crippen LogP contribution in [0, 0.1) is 5.82 Å². The molecule has 0 bridgehead atoms. The molecule has 5 heteroatoms. The third-order valence-electron chi connectivity index (χ3n) is 5.80. The summed E-state index contributed by atoms with van der Waals surface area (Å²) in [5.41, 5.74) is 0.292. The lowest BCUT2D eigenvalue weighted by Gasteiger charge is -2.37. The number of halogens is 1. The quantitative estimate of drug-likeness (QED) is 0.890. The molecule has 0 unspecified atom stereocenters. The minimum absolute atomic E-state index is 0.0482. The van der Waals surface area contributed by atoms with Crippen molar-refractivity contribution in [2.24, 2.45) is 0 Å². The average Bonchev–Trinajstić information content (AvgIpc) is 2.64. The molecule has 2 aliphatic rings. The van der Waals surface area contributed by atoms with E-state index in [2.05, 4.69) is 17.1 Å². The Morgan fingerprint density at radius 1 is 1.28 bits per heavy atom. The molecule has 2 fully saturated rings. The molecule has 1 atom stereocenters. The molecule has 1 aromatic rings. The predicted octanol–water partition coefficient (Wildman–Crippen LogP) is 2.86. The zero-order chi connectivity index (χ0) is 17.7. The molecule has 1 amide bonds. The highest BCUT2D eigenvalue weighted by Crippen LogP contribution is 2.35. The van der Waals surface area contributed by atoms with Crippen molar-refractivity contribution in [3.8, 4) is 0 Å². The van der Waals surface area contributed by atoms with Gasteiger partial charge in [0.15, 0.2) is 0 Å². The fourth-order valence-electron chi connectivity index (χ4n) is 4.11. The number of rotatable bonds is 5. The van der Waals surface area contributed by atoms with E-state index in [4.69, 9.17) is 4.74 Å². The Morgan fingerprint density at radius 3 is 2.68 bits per heavy atom. The third kappa shape index (κ3) is 4.21. The Labute approximate surface area is 149 Å². The normalized spacial score (nSPS) is 24.0. The average molecular weight is 348 g/mol. The van der Waals surface area contributed by atoms with Crippen molar-refractivity contribution in [3.05, 3.63) is 35.6 Å². The van der Waals surface area contributed by atoms with Crippen LogP contribution in [0.3, 0.4) is 0 Å². The van der Waals surface area contributed by atoms with E-state index in [0.29, 0.717) is 38.6 Å². The van der Waals surface area contributed by atoms with E-state index < -0.39 is 5.41 Å². The first-order valence-corrected chi connectivity index (χ1v) is 9.48. The Hall–Kier alpha value is -1.46. The number of carbonyl (C=O) groups excluding carboxylic acids is 1. The van der Waals surface area contributed by atoms with Crippen molar-refractivity contribution in [2.75, 3.05) is 32.8 Å². The molecule has 138 valence electrons. The van der Waals surface area contributed by atoms with Crippen LogP contribution >= 0.6 is 0 Å². The summed E-state index contributed by atoms with van der Waals surface area (Å²) in [5.74, 6) is -0.225. The topological polar surface area (TPSA) is 41.6 Å². The van der Waals surface area contributed by atoms with Gasteiger partial charge in [-0.25, -0.2) is 4.39 Å². The minimum atomic E-state index is -0.598. The number of hydrogen-bond donors (Lipinski definition) is 1. The van der Waals surface area contributed by atoms with Gasteiger partial charge < -0.3 is 10.1 Å². The first-order chi connectivity index (χ1) is 12.1. The van der Waals surface area contributed by atoms with Gasteiger partial charge in [0.1, 0.15) is 5.82 Å². The number of carbonyl (C=O) groups is 1. The Balaban J connectivity index is 1.64. The Bertz CT molecular complexity index is 570. The highest BCUT2D eigenvalue weighted by Gasteiger charge is 2.41. The van der Waals surface area contributed by atoms with Gasteiger partial charge in [-0.3, -0.25) is 9.69 Å². The summed E-state index contributed by atoms with van der Waals surface area (Å²) in [4.78, 5) is 15.5. The molecular weight excluding hydrogens is 319 g/mol. The smallest absolute Gasteiger partial charge is 0.230 e. The molecule has 0 aromatic heterocycles. The van der Waals surface area contributed by atoms with Crippen LogP contribution in [-0.4, -0.2) is 49.7 Å². The molecule has 25 heavy (non-hydrogen) atoms. The Morgan fingerprint density at radius 2 is 2.00 bits per heavy atom. The van der Waals surface area contributed by atoms with Gasteiger partial charge in [0, 0.05) is 32.3 Å². The molecule has 1 aromatic carbocycles. The Kier molecular flexibility index (Phi) is 6.07. The van der Waals surface area contributed by atoms with Gasteiger partial charge >= 0.3 is 0 Å². The zero-order valence-electron chi connectivity index (χ0n) is 15.1. The molecule has 1 N–H and O–H groups in total. The van der Waals surface area contributed by atoms with Gasteiger partial charge in [-0.05, 0) is 56.8 Å². The van der Waals surface area contributed by atoms with Crippen LogP contribution in [0.4, 0.5) is 4.39 Å². The van der Waals surface area contributed by atoms with Crippen LogP contribution in [0.15, 0.2) is 24.3 Å². The highest BCUT2D eigenvalue weighted by molar-refractivity contribution is 5.88. The summed E-state index contributed by atoms with van der Waals surface area (Å²) in [6, 6.07) is 6.96. The van der Waals surface area contributed by atoms with E-state index in [1.54, 1.807) is 12.1 Å². The van der Waals surface area contributed by atoms with Gasteiger partial charge in [0.05, 0.1) is 5.41 Å². The third-order valence-corrected chi connectivity index (χ3v) is 5.80. The van der Waals surface area contributed by atoms with Crippen molar-refractivity contribution < 1.29 is 13.9 Å². The number of nitrogens with zero attached hydrogens (tertiary/aromatic N) is 1. The highest BCUT2D eigenvalue weighted by atomic mass is 19.1. The van der Waals surface area contributed by atoms with Crippen molar-refractivity contribution in [3.63, 3.8) is 0 Å². The summed E-state index contributed by atoms with van der Waals surface area (Å²) >= 11 is 0. The second-order valence-electron chi connectivity index (χ2n) is 7.34. The van der Waals surface area contributed by atoms with Gasteiger partial charge in [0.2, 0.25) is 5.91 Å². The van der Waals surface area contributed by atoms with E-state index in [1.807, 2.05) is 0 Å². The van der Waals surface area contributed by atoms with E-state index in [9.17, 15) is 9.18 Å². The largest absolute Gasteiger partial charge is 0.381 e. The van der Waals surface area contributed by atoms with Crippen molar-refractivity contribution >= 4 is 5.91 Å². The zero-order valence-corrected chi connectivity index (χ0v) is 15.1. The van der Waals surface area contributed by atoms with E-state index in [0.717, 1.165) is 18.7 Å². The standard InChI is InChI=1S/C20H29FN2O2/c1-16-4-2-3-12-23(16)13-11-22-19(24)20(9-14-25-15-10-20)17-5-7-18(21)8-6-17/h5-8,16H,2-4,9-15H2,1H3,(H,22,24)/t16-/m0/s1. The van der Waals surface area contributed by atoms with E-state index in [1.165, 1.54) is 31.4 Å². The maximum atomic E-state index is 13.3. The van der Waals surface area contributed by atoms with Crippen LogP contribution in [0.1, 0.15) is 44.6 Å². The van der Waals surface area contributed by atoms with Crippen LogP contribution in [0.5, 0.6) is 0 Å². The summed E-state index contributed by atoms with van der Waals surface area (Å²) in [7, 11) is 0. The molecule has 0 spiro atoms. The molecule has 4 nitrogen and oxygen atoms in total. The molecule has 3 rings (SSSR count). The van der Waals surface area contributed by atoms with Crippen LogP contribution in [0.25, 0.3) is 0 Å². The second kappa shape index (κ2) is 8.28. The number of amides is 1. The van der Waals surface area contributed by atoms with E-state index >= 15 is 0 Å². The number of ether oxygens (including phenoxy) is 1. The summed E-state index contributed by atoms with van der Waals surface area (Å²) in [6.07, 6.45) is 5.08. The van der Waals surface area contributed by atoms with Gasteiger partial charge in [0.25, 0.3) is 0 Å². The van der Waals surface area contributed by atoms with Gasteiger partial charge in [-0.1, -0.05) is 18.6 Å². The number of likely N-dealkylation sites (tertiary alicyclic amines) is 1. The fraction of sp³-hybridized carbons (Fsp3) is 0.650. The van der Waals surface area contributed by atoms with Crippen LogP contribution in [0.2, 0.25) is 0 Å². The van der Waals surface area contributed by atoms with Crippen LogP contribution in [-0.2, 0) is 14.9 Å². The first kappa shape index (κ1) is 18.3. The van der Waals surface area contributed by atoms with E-state index in [-0.39, 0.29) is 11.7 Å². The molecule has 2 heterocycles. The molecule has 2 saturated heterocycles. The maximum absolute atomic E-state index is 13.3. The number of nitrogens with one attached hydrogen (secondary N) is 1. The SMILES string of the molecule is C[C@H]1CCCCN1CCNC(=O)C1(c2ccc(F)cc2)CCOCC1. The lowest BCUT2D eigenvalue weighted by Crippen LogP contribution is -2.50. The van der Waals surface area contributed by atoms with Gasteiger partial charge in [-0.2, -0.15) is 0 Å². The first-order valence-electron chi connectivity index (χ1n) is 9.48. The molecule has 0 aliphatic carbocycles. The van der Waals surface area contributed by atoms with Crippen molar-refractivity contribution in [1.82, 2.24) is 10.2 Å². The fourth-order valence-corrected chi connectivity index (χ4v) is 4.11. The lowest BCUT2D eigenvalue weighted by atomic mass is 9.73. The van der Waals surface area contributed by atoms with Gasteiger partial charge in [-0.15, -0.1) is 0 Å². The molecule has 0 saturated carbocycles. The number of benzene rings is 1. The minimum Gasteiger partial charge on any atom is -0.381 e. The molecule has 0 radical (unpaired) electrons. The summed E-state index contributed by atoms with van der Waals surface area (Å²) in [6.45, 7) is 6.06. The molecular formula is C20H29FN2O2.